The zero-order valence-corrected chi connectivity index (χ0v) is 19.0. The van der Waals surface area contributed by atoms with Gasteiger partial charge in [0.15, 0.2) is 17.4 Å². The van der Waals surface area contributed by atoms with E-state index in [1.54, 1.807) is 4.68 Å². The molecule has 1 amide bonds. The molecule has 3 aromatic heterocycles. The second-order valence-electron chi connectivity index (χ2n) is 8.83. The number of hydrogen-bond acceptors (Lipinski definition) is 7. The number of hydrogen-bond donors (Lipinski definition) is 1. The van der Waals surface area contributed by atoms with Gasteiger partial charge in [0.2, 0.25) is 0 Å². The van der Waals surface area contributed by atoms with Gasteiger partial charge in [0.1, 0.15) is 6.26 Å². The van der Waals surface area contributed by atoms with E-state index in [9.17, 15) is 4.79 Å². The molecule has 4 aromatic rings. The van der Waals surface area contributed by atoms with Crippen LogP contribution in [0.3, 0.4) is 0 Å². The summed E-state index contributed by atoms with van der Waals surface area (Å²) in [5.41, 5.74) is 3.03. The van der Waals surface area contributed by atoms with E-state index in [0.717, 1.165) is 48.0 Å². The summed E-state index contributed by atoms with van der Waals surface area (Å²) >= 11 is 0. The van der Waals surface area contributed by atoms with E-state index in [1.807, 2.05) is 43.7 Å². The number of carbonyl (C=O) groups is 1. The predicted molar refractivity (Wildman–Crippen MR) is 125 cm³/mol. The summed E-state index contributed by atoms with van der Waals surface area (Å²) in [7, 11) is 1.88. The number of fused-ring (bicyclic) bond motifs is 1. The van der Waals surface area contributed by atoms with Crippen molar-refractivity contribution >= 4 is 22.6 Å². The number of nitrogens with zero attached hydrogens (tertiary/aromatic N) is 6. The molecular formula is C24H27N7O2. The van der Waals surface area contributed by atoms with Crippen LogP contribution in [-0.2, 0) is 7.05 Å². The predicted octanol–water partition coefficient (Wildman–Crippen LogP) is 3.86. The lowest BCUT2D eigenvalue weighted by molar-refractivity contribution is 0.102. The normalized spacial score (nSPS) is 15.4. The average molecular weight is 446 g/mol. The van der Waals surface area contributed by atoms with Crippen molar-refractivity contribution in [3.8, 4) is 11.1 Å². The van der Waals surface area contributed by atoms with Crippen LogP contribution in [0, 0.1) is 0 Å². The van der Waals surface area contributed by atoms with Gasteiger partial charge in [-0.1, -0.05) is 6.07 Å². The molecule has 1 aromatic carbocycles. The van der Waals surface area contributed by atoms with E-state index in [2.05, 4.69) is 44.3 Å². The SMILES string of the molecule is CC(C)N1CCC(c2nc(C(=O)Nc3cc4cc(-c5cnn(C)c5)ccc4nn3)co2)CC1. The van der Waals surface area contributed by atoms with Crippen LogP contribution in [0.15, 0.2) is 47.3 Å². The Bertz CT molecular complexity index is 1280. The van der Waals surface area contributed by atoms with Crippen molar-refractivity contribution in [3.63, 3.8) is 0 Å². The van der Waals surface area contributed by atoms with Crippen LogP contribution >= 0.6 is 0 Å². The number of anilines is 1. The molecule has 4 heterocycles. The summed E-state index contributed by atoms with van der Waals surface area (Å²) in [6, 6.07) is 8.25. The van der Waals surface area contributed by atoms with Crippen molar-refractivity contribution in [2.75, 3.05) is 18.4 Å². The van der Waals surface area contributed by atoms with Crippen LogP contribution in [0.25, 0.3) is 22.0 Å². The first kappa shape index (κ1) is 21.3. The third kappa shape index (κ3) is 4.49. The third-order valence-corrected chi connectivity index (χ3v) is 6.23. The molecule has 0 spiro atoms. The van der Waals surface area contributed by atoms with Crippen LogP contribution < -0.4 is 5.32 Å². The topological polar surface area (TPSA) is 102 Å². The first-order chi connectivity index (χ1) is 16.0. The zero-order chi connectivity index (χ0) is 22.9. The highest BCUT2D eigenvalue weighted by Gasteiger charge is 2.26. The van der Waals surface area contributed by atoms with Gasteiger partial charge in [0.05, 0.1) is 11.7 Å². The number of likely N-dealkylation sites (tertiary alicyclic amines) is 1. The Morgan fingerprint density at radius 3 is 2.70 bits per heavy atom. The van der Waals surface area contributed by atoms with Gasteiger partial charge >= 0.3 is 0 Å². The van der Waals surface area contributed by atoms with E-state index in [0.29, 0.717) is 17.8 Å². The Morgan fingerprint density at radius 2 is 1.97 bits per heavy atom. The minimum Gasteiger partial charge on any atom is -0.448 e. The van der Waals surface area contributed by atoms with Crippen molar-refractivity contribution in [1.82, 2.24) is 29.9 Å². The molecule has 5 rings (SSSR count). The number of aryl methyl sites for hydroxylation is 1. The number of carbonyl (C=O) groups excluding carboxylic acids is 1. The second kappa shape index (κ2) is 8.74. The molecule has 0 bridgehead atoms. The number of piperidine rings is 1. The monoisotopic (exact) mass is 445 g/mol. The first-order valence-electron chi connectivity index (χ1n) is 11.2. The highest BCUT2D eigenvalue weighted by Crippen LogP contribution is 2.28. The molecule has 0 unspecified atom stereocenters. The molecule has 0 aliphatic carbocycles. The summed E-state index contributed by atoms with van der Waals surface area (Å²) in [4.78, 5) is 19.7. The molecule has 9 heteroatoms. The fourth-order valence-electron chi connectivity index (χ4n) is 4.28. The van der Waals surface area contributed by atoms with Gasteiger partial charge in [0, 0.05) is 36.2 Å². The van der Waals surface area contributed by atoms with Crippen molar-refractivity contribution in [2.45, 2.75) is 38.6 Å². The standard InChI is InChI=1S/C24H27N7O2/c1-15(2)31-8-6-16(7-9-31)24-26-21(14-33-24)23(32)27-22-11-18-10-17(4-5-20(18)28-29-22)19-12-25-30(3)13-19/h4-5,10-16H,6-9H2,1-3H3,(H,27,29,32). The van der Waals surface area contributed by atoms with Gasteiger partial charge in [-0.3, -0.25) is 9.48 Å². The van der Waals surface area contributed by atoms with Crippen LogP contribution in [0.1, 0.15) is 49.0 Å². The molecule has 33 heavy (non-hydrogen) atoms. The van der Waals surface area contributed by atoms with Crippen molar-refractivity contribution in [1.29, 1.82) is 0 Å². The number of rotatable bonds is 5. The molecule has 1 saturated heterocycles. The van der Waals surface area contributed by atoms with Crippen molar-refractivity contribution in [3.05, 3.63) is 54.5 Å². The fourth-order valence-corrected chi connectivity index (χ4v) is 4.28. The Hall–Kier alpha value is -3.59. The van der Waals surface area contributed by atoms with Crippen LogP contribution in [0.4, 0.5) is 5.82 Å². The Balaban J connectivity index is 1.29. The molecule has 0 saturated carbocycles. The quantitative estimate of drug-likeness (QED) is 0.498. The van der Waals surface area contributed by atoms with Crippen molar-refractivity contribution in [2.24, 2.45) is 7.05 Å². The lowest BCUT2D eigenvalue weighted by Crippen LogP contribution is -2.37. The minimum absolute atomic E-state index is 0.243. The molecule has 1 fully saturated rings. The zero-order valence-electron chi connectivity index (χ0n) is 19.0. The highest BCUT2D eigenvalue weighted by atomic mass is 16.3. The highest BCUT2D eigenvalue weighted by molar-refractivity contribution is 6.02. The summed E-state index contributed by atoms with van der Waals surface area (Å²) in [5, 5.41) is 16.3. The van der Waals surface area contributed by atoms with E-state index in [1.165, 1.54) is 6.26 Å². The van der Waals surface area contributed by atoms with Crippen LogP contribution in [-0.4, -0.2) is 54.9 Å². The van der Waals surface area contributed by atoms with Gasteiger partial charge in [-0.15, -0.1) is 10.2 Å². The summed E-state index contributed by atoms with van der Waals surface area (Å²) in [5.74, 6) is 0.884. The Labute approximate surface area is 191 Å². The second-order valence-corrected chi connectivity index (χ2v) is 8.83. The number of oxazole rings is 1. The maximum atomic E-state index is 12.8. The summed E-state index contributed by atoms with van der Waals surface area (Å²) < 4.78 is 7.42. The van der Waals surface area contributed by atoms with Crippen molar-refractivity contribution < 1.29 is 9.21 Å². The number of amides is 1. The molecule has 0 radical (unpaired) electrons. The lowest BCUT2D eigenvalue weighted by atomic mass is 9.96. The molecule has 0 atom stereocenters. The number of nitrogens with one attached hydrogen (secondary N) is 1. The summed E-state index contributed by atoms with van der Waals surface area (Å²) in [6.45, 7) is 6.45. The number of aromatic nitrogens is 5. The first-order valence-corrected chi connectivity index (χ1v) is 11.2. The van der Waals surface area contributed by atoms with Gasteiger partial charge < -0.3 is 14.6 Å². The maximum Gasteiger partial charge on any atom is 0.278 e. The van der Waals surface area contributed by atoms with Crippen LogP contribution in [0.5, 0.6) is 0 Å². The minimum atomic E-state index is -0.360. The van der Waals surface area contributed by atoms with E-state index in [4.69, 9.17) is 4.42 Å². The average Bonchev–Trinajstić information content (AvgIpc) is 3.48. The molecule has 1 N–H and O–H groups in total. The lowest BCUT2D eigenvalue weighted by Gasteiger charge is -2.33. The molecule has 9 nitrogen and oxygen atoms in total. The van der Waals surface area contributed by atoms with E-state index < -0.39 is 0 Å². The molecule has 1 aliphatic heterocycles. The Morgan fingerprint density at radius 1 is 1.15 bits per heavy atom. The smallest absolute Gasteiger partial charge is 0.278 e. The Kier molecular flexibility index (Phi) is 5.63. The summed E-state index contributed by atoms with van der Waals surface area (Å²) in [6.07, 6.45) is 7.15. The van der Waals surface area contributed by atoms with Gasteiger partial charge in [0.25, 0.3) is 5.91 Å². The third-order valence-electron chi connectivity index (χ3n) is 6.23. The van der Waals surface area contributed by atoms with E-state index in [-0.39, 0.29) is 17.5 Å². The number of benzene rings is 1. The molecular weight excluding hydrogens is 418 g/mol. The fraction of sp³-hybridized carbons (Fsp3) is 0.375. The maximum absolute atomic E-state index is 12.8. The van der Waals surface area contributed by atoms with Gasteiger partial charge in [-0.25, -0.2) is 4.98 Å². The van der Waals surface area contributed by atoms with Crippen LogP contribution in [0.2, 0.25) is 0 Å². The largest absolute Gasteiger partial charge is 0.448 e. The van der Waals surface area contributed by atoms with Gasteiger partial charge in [-0.05, 0) is 63.5 Å². The molecule has 1 aliphatic rings. The van der Waals surface area contributed by atoms with E-state index >= 15 is 0 Å². The van der Waals surface area contributed by atoms with Gasteiger partial charge in [-0.2, -0.15) is 5.10 Å². The molecule has 170 valence electrons.